The molecule has 0 bridgehead atoms. The maximum Gasteiger partial charge on any atom is 0.164 e. The Balaban J connectivity index is 1.89. The molecule has 1 rings (SSSR count). The molecule has 1 aromatic rings. The maximum absolute atomic E-state index is 9.78. The molecule has 3 heteroatoms. The van der Waals surface area contributed by atoms with Crippen LogP contribution in [0.4, 0.5) is 0 Å². The number of benzene rings is 1. The highest BCUT2D eigenvalue weighted by atomic mass is 16.3. The Morgan fingerprint density at radius 3 is 1.38 bits per heavy atom. The molecule has 0 aromatic heterocycles. The van der Waals surface area contributed by atoms with E-state index in [0.717, 1.165) is 12.8 Å². The summed E-state index contributed by atoms with van der Waals surface area (Å²) in [7, 11) is 0. The number of rotatable bonds is 16. The molecule has 0 spiro atoms. The van der Waals surface area contributed by atoms with Crippen molar-refractivity contribution in [1.82, 2.24) is 0 Å². The maximum atomic E-state index is 9.78. The average Bonchev–Trinajstić information content (AvgIpc) is 2.64. The third kappa shape index (κ3) is 9.94. The summed E-state index contributed by atoms with van der Waals surface area (Å²) in [6.07, 6.45) is 20.4. The molecular formula is C23H40O3. The third-order valence-corrected chi connectivity index (χ3v) is 5.27. The van der Waals surface area contributed by atoms with E-state index in [2.05, 4.69) is 6.92 Å². The van der Waals surface area contributed by atoms with Gasteiger partial charge in [0.25, 0.3) is 0 Å². The lowest BCUT2D eigenvalue weighted by Crippen LogP contribution is -1.89. The Morgan fingerprint density at radius 1 is 0.538 bits per heavy atom. The van der Waals surface area contributed by atoms with Crippen LogP contribution >= 0.6 is 0 Å². The van der Waals surface area contributed by atoms with Crippen LogP contribution in [0.15, 0.2) is 12.1 Å². The van der Waals surface area contributed by atoms with Gasteiger partial charge in [-0.15, -0.1) is 0 Å². The Bertz CT molecular complexity index is 471. The smallest absolute Gasteiger partial charge is 0.164 e. The van der Waals surface area contributed by atoms with Gasteiger partial charge < -0.3 is 15.3 Å². The monoisotopic (exact) mass is 364 g/mol. The molecular weight excluding hydrogens is 324 g/mol. The predicted molar refractivity (Wildman–Crippen MR) is 110 cm³/mol. The van der Waals surface area contributed by atoms with Crippen LogP contribution in [-0.4, -0.2) is 15.3 Å². The van der Waals surface area contributed by atoms with E-state index in [1.165, 1.54) is 95.6 Å². The zero-order chi connectivity index (χ0) is 19.0. The highest BCUT2D eigenvalue weighted by Crippen LogP contribution is 2.36. The number of hydrogen-bond acceptors (Lipinski definition) is 3. The summed E-state index contributed by atoms with van der Waals surface area (Å²) < 4.78 is 0. The van der Waals surface area contributed by atoms with Gasteiger partial charge in [-0.25, -0.2) is 0 Å². The fraction of sp³-hybridized carbons (Fsp3) is 0.739. The summed E-state index contributed by atoms with van der Waals surface area (Å²) in [5.74, 6) is -0.250. The zero-order valence-electron chi connectivity index (χ0n) is 16.8. The van der Waals surface area contributed by atoms with Crippen molar-refractivity contribution >= 4 is 0 Å². The second-order valence-electron chi connectivity index (χ2n) is 7.63. The van der Waals surface area contributed by atoms with Crippen LogP contribution in [0.2, 0.25) is 0 Å². The van der Waals surface area contributed by atoms with E-state index >= 15 is 0 Å². The summed E-state index contributed by atoms with van der Waals surface area (Å²) in [4.78, 5) is 0. The fourth-order valence-electron chi connectivity index (χ4n) is 3.53. The lowest BCUT2D eigenvalue weighted by Gasteiger charge is -2.08. The standard InChI is InChI=1S/C23H40O3/c1-2-3-4-5-6-7-8-9-10-11-12-13-14-15-16-17-20-21(24)18-19-22(25)23(20)26/h18-19,24-26H,2-17H2,1H3. The van der Waals surface area contributed by atoms with Crippen LogP contribution < -0.4 is 0 Å². The molecule has 3 N–H and O–H groups in total. The number of unbranched alkanes of at least 4 members (excludes halogenated alkanes) is 14. The van der Waals surface area contributed by atoms with Crippen LogP contribution in [0.25, 0.3) is 0 Å². The normalized spacial score (nSPS) is 11.1. The van der Waals surface area contributed by atoms with E-state index in [9.17, 15) is 15.3 Å². The Labute approximate surface area is 160 Å². The van der Waals surface area contributed by atoms with E-state index in [0.29, 0.717) is 12.0 Å². The third-order valence-electron chi connectivity index (χ3n) is 5.27. The summed E-state index contributed by atoms with van der Waals surface area (Å²) in [6.45, 7) is 2.27. The van der Waals surface area contributed by atoms with Gasteiger partial charge in [0.15, 0.2) is 11.5 Å². The first-order chi connectivity index (χ1) is 12.7. The molecule has 0 saturated carbocycles. The molecule has 3 nitrogen and oxygen atoms in total. The highest BCUT2D eigenvalue weighted by molar-refractivity contribution is 5.51. The van der Waals surface area contributed by atoms with Crippen molar-refractivity contribution in [1.29, 1.82) is 0 Å². The second-order valence-corrected chi connectivity index (χ2v) is 7.63. The van der Waals surface area contributed by atoms with Crippen molar-refractivity contribution in [3.05, 3.63) is 17.7 Å². The lowest BCUT2D eigenvalue weighted by molar-refractivity contribution is 0.388. The second kappa shape index (κ2) is 14.8. The predicted octanol–water partition coefficient (Wildman–Crippen LogP) is 7.22. The molecule has 0 unspecified atom stereocenters. The summed E-state index contributed by atoms with van der Waals surface area (Å²) in [6, 6.07) is 2.76. The first-order valence-corrected chi connectivity index (χ1v) is 10.9. The van der Waals surface area contributed by atoms with Gasteiger partial charge in [-0.2, -0.15) is 0 Å². The minimum absolute atomic E-state index is 0.0747. The van der Waals surface area contributed by atoms with Gasteiger partial charge in [0.1, 0.15) is 5.75 Å². The molecule has 150 valence electrons. The summed E-state index contributed by atoms with van der Waals surface area (Å²) in [5, 5.41) is 29.0. The molecule has 0 heterocycles. The molecule has 0 saturated heterocycles. The van der Waals surface area contributed by atoms with Crippen molar-refractivity contribution in [2.24, 2.45) is 0 Å². The molecule has 0 aliphatic heterocycles. The molecule has 0 amide bonds. The van der Waals surface area contributed by atoms with E-state index in [1.807, 2.05) is 0 Å². The number of phenolic OH excluding ortho intramolecular Hbond substituents is 3. The van der Waals surface area contributed by atoms with Crippen molar-refractivity contribution < 1.29 is 15.3 Å². The summed E-state index contributed by atoms with van der Waals surface area (Å²) in [5.41, 5.74) is 0.472. The van der Waals surface area contributed by atoms with Crippen LogP contribution in [0.3, 0.4) is 0 Å². The van der Waals surface area contributed by atoms with Crippen LogP contribution in [-0.2, 0) is 6.42 Å². The largest absolute Gasteiger partial charge is 0.508 e. The lowest BCUT2D eigenvalue weighted by atomic mass is 10.0. The van der Waals surface area contributed by atoms with Gasteiger partial charge in [0, 0.05) is 5.56 Å². The van der Waals surface area contributed by atoms with Crippen molar-refractivity contribution in [2.45, 2.75) is 110 Å². The minimum Gasteiger partial charge on any atom is -0.508 e. The van der Waals surface area contributed by atoms with Crippen molar-refractivity contribution in [3.63, 3.8) is 0 Å². The molecule has 0 aliphatic carbocycles. The van der Waals surface area contributed by atoms with Gasteiger partial charge in [-0.3, -0.25) is 0 Å². The highest BCUT2D eigenvalue weighted by Gasteiger charge is 2.11. The van der Waals surface area contributed by atoms with Crippen LogP contribution in [0.1, 0.15) is 109 Å². The molecule has 0 fully saturated rings. The van der Waals surface area contributed by atoms with Crippen LogP contribution in [0.5, 0.6) is 17.2 Å². The quantitative estimate of drug-likeness (QED) is 0.165. The molecule has 26 heavy (non-hydrogen) atoms. The van der Waals surface area contributed by atoms with Gasteiger partial charge in [-0.05, 0) is 25.0 Å². The Morgan fingerprint density at radius 2 is 0.923 bits per heavy atom. The number of phenols is 3. The average molecular weight is 365 g/mol. The van der Waals surface area contributed by atoms with Gasteiger partial charge in [-0.1, -0.05) is 96.8 Å². The summed E-state index contributed by atoms with van der Waals surface area (Å²) >= 11 is 0. The number of aromatic hydroxyl groups is 3. The molecule has 1 aromatic carbocycles. The fourth-order valence-corrected chi connectivity index (χ4v) is 3.53. The SMILES string of the molecule is CCCCCCCCCCCCCCCCCc1c(O)ccc(O)c1O. The topological polar surface area (TPSA) is 60.7 Å². The van der Waals surface area contributed by atoms with E-state index in [-0.39, 0.29) is 17.2 Å². The van der Waals surface area contributed by atoms with Crippen molar-refractivity contribution in [3.8, 4) is 17.2 Å². The minimum atomic E-state index is -0.171. The molecule has 0 atom stereocenters. The first kappa shape index (κ1) is 22.7. The van der Waals surface area contributed by atoms with Gasteiger partial charge in [0.05, 0.1) is 0 Å². The Hall–Kier alpha value is -1.38. The van der Waals surface area contributed by atoms with E-state index in [4.69, 9.17) is 0 Å². The van der Waals surface area contributed by atoms with Gasteiger partial charge >= 0.3 is 0 Å². The first-order valence-electron chi connectivity index (χ1n) is 10.9. The number of hydrogen-bond donors (Lipinski definition) is 3. The van der Waals surface area contributed by atoms with Crippen molar-refractivity contribution in [2.75, 3.05) is 0 Å². The molecule has 0 radical (unpaired) electrons. The van der Waals surface area contributed by atoms with E-state index < -0.39 is 0 Å². The van der Waals surface area contributed by atoms with Crippen LogP contribution in [0, 0.1) is 0 Å². The zero-order valence-corrected chi connectivity index (χ0v) is 16.8. The van der Waals surface area contributed by atoms with E-state index in [1.54, 1.807) is 0 Å². The Kier molecular flexibility index (Phi) is 12.9. The molecule has 0 aliphatic rings. The van der Waals surface area contributed by atoms with Gasteiger partial charge in [0.2, 0.25) is 0 Å².